The van der Waals surface area contributed by atoms with Gasteiger partial charge >= 0.3 is 10.4 Å². The molecule has 70 heavy (non-hydrogen) atoms. The van der Waals surface area contributed by atoms with Crippen LogP contribution in [0.4, 0.5) is 0 Å². The van der Waals surface area contributed by atoms with Crippen molar-refractivity contribution < 1.29 is 51.8 Å². The number of hydrogen-bond donors (Lipinski definition) is 6. The highest BCUT2D eigenvalue weighted by Crippen LogP contribution is 2.26. The van der Waals surface area contributed by atoms with E-state index in [0.717, 1.165) is 51.4 Å². The van der Waals surface area contributed by atoms with Crippen LogP contribution in [0.2, 0.25) is 0 Å². The number of rotatable bonds is 52. The number of hydrogen-bond acceptors (Lipinski definition) is 10. The topological polar surface area (TPSA) is 192 Å². The van der Waals surface area contributed by atoms with Gasteiger partial charge in [0.25, 0.3) is 0 Å². The minimum absolute atomic E-state index is 0.226. The molecule has 0 bridgehead atoms. The molecule has 7 unspecified atom stereocenters. The molecule has 1 aliphatic heterocycles. The average molecular weight is 1020 g/mol. The van der Waals surface area contributed by atoms with Crippen LogP contribution in [0.25, 0.3) is 0 Å². The van der Waals surface area contributed by atoms with Crippen molar-refractivity contribution >= 4 is 16.3 Å². The van der Waals surface area contributed by atoms with Gasteiger partial charge in [0.05, 0.1) is 25.4 Å². The standard InChI is InChI=1S/C57H111NO11S/c1-3-5-7-9-11-13-15-16-17-18-19-20-21-22-23-24-25-26-27-28-29-30-31-32-33-34-35-37-39-41-43-45-47-53(61)58-50(51(60)46-44-42-40-38-36-14-12-10-8-6-4-2)49-67-57-55(63)56(69-70(64,65)66)54(62)52(48-59)68-57/h22-23,50-52,54-57,59-60,62-63H,3-21,24-49H2,1-2H3,(H,58,61)(H,64,65,66)/b23-22-. The first-order valence-corrected chi connectivity index (χ1v) is 30.9. The fourth-order valence-electron chi connectivity index (χ4n) is 9.75. The zero-order valence-corrected chi connectivity index (χ0v) is 45.9. The summed E-state index contributed by atoms with van der Waals surface area (Å²) in [4.78, 5) is 13.1. The predicted octanol–water partition coefficient (Wildman–Crippen LogP) is 13.8. The van der Waals surface area contributed by atoms with Crippen LogP contribution in [-0.2, 0) is 28.9 Å². The molecule has 0 aromatic rings. The van der Waals surface area contributed by atoms with Crippen molar-refractivity contribution in [2.45, 2.75) is 333 Å². The Bertz CT molecular complexity index is 1290. The average Bonchev–Trinajstić information content (AvgIpc) is 3.33. The van der Waals surface area contributed by atoms with Crippen LogP contribution in [0.15, 0.2) is 12.2 Å². The van der Waals surface area contributed by atoms with E-state index in [1.54, 1.807) is 0 Å². The van der Waals surface area contributed by atoms with Gasteiger partial charge in [-0.3, -0.25) is 9.35 Å². The summed E-state index contributed by atoms with van der Waals surface area (Å²) in [6.45, 7) is 3.47. The molecular weight excluding hydrogens is 907 g/mol. The third kappa shape index (κ3) is 39.3. The zero-order valence-electron chi connectivity index (χ0n) is 45.1. The monoisotopic (exact) mass is 1020 g/mol. The maximum atomic E-state index is 13.1. The number of aliphatic hydroxyl groups excluding tert-OH is 4. The molecule has 1 rings (SSSR count). The van der Waals surface area contributed by atoms with Gasteiger partial charge in [-0.25, -0.2) is 4.18 Å². The van der Waals surface area contributed by atoms with Crippen molar-refractivity contribution in [2.24, 2.45) is 0 Å². The molecule has 1 amide bonds. The van der Waals surface area contributed by atoms with Crippen molar-refractivity contribution in [1.29, 1.82) is 0 Å². The van der Waals surface area contributed by atoms with E-state index in [4.69, 9.17) is 9.47 Å². The van der Waals surface area contributed by atoms with Crippen molar-refractivity contribution in [3.63, 3.8) is 0 Å². The first-order chi connectivity index (χ1) is 34.0. The Kier molecular flexibility index (Phi) is 45.4. The van der Waals surface area contributed by atoms with Gasteiger partial charge in [0.15, 0.2) is 6.29 Å². The van der Waals surface area contributed by atoms with Gasteiger partial charge in [0, 0.05) is 6.42 Å². The van der Waals surface area contributed by atoms with Crippen LogP contribution in [0.1, 0.15) is 290 Å². The Morgan fingerprint density at radius 3 is 1.29 bits per heavy atom. The van der Waals surface area contributed by atoms with Crippen LogP contribution in [0.5, 0.6) is 0 Å². The second-order valence-electron chi connectivity index (χ2n) is 20.9. The second-order valence-corrected chi connectivity index (χ2v) is 22.0. The summed E-state index contributed by atoms with van der Waals surface area (Å²) in [5, 5.41) is 45.0. The van der Waals surface area contributed by atoms with E-state index in [9.17, 15) is 38.2 Å². The van der Waals surface area contributed by atoms with Crippen LogP contribution < -0.4 is 5.32 Å². The third-order valence-corrected chi connectivity index (χ3v) is 14.8. The first kappa shape index (κ1) is 66.9. The molecule has 12 nitrogen and oxygen atoms in total. The van der Waals surface area contributed by atoms with Crippen LogP contribution in [0.3, 0.4) is 0 Å². The molecule has 0 aliphatic carbocycles. The summed E-state index contributed by atoms with van der Waals surface area (Å²) in [6.07, 6.45) is 48.2. The largest absolute Gasteiger partial charge is 0.397 e. The number of aliphatic hydroxyl groups is 4. The number of nitrogens with one attached hydrogen (secondary N) is 1. The minimum Gasteiger partial charge on any atom is -0.394 e. The molecule has 416 valence electrons. The lowest BCUT2D eigenvalue weighted by Gasteiger charge is -2.41. The molecule has 1 saturated heterocycles. The number of allylic oxidation sites excluding steroid dienone is 2. The molecule has 0 radical (unpaired) electrons. The van der Waals surface area contributed by atoms with E-state index in [1.807, 2.05) is 0 Å². The van der Waals surface area contributed by atoms with E-state index < -0.39 is 59.9 Å². The molecule has 1 heterocycles. The van der Waals surface area contributed by atoms with Gasteiger partial charge in [-0.05, 0) is 38.5 Å². The van der Waals surface area contributed by atoms with Gasteiger partial charge in [-0.2, -0.15) is 8.42 Å². The van der Waals surface area contributed by atoms with Crippen molar-refractivity contribution in [1.82, 2.24) is 5.32 Å². The zero-order chi connectivity index (χ0) is 51.2. The van der Waals surface area contributed by atoms with Gasteiger partial charge in [-0.1, -0.05) is 257 Å². The Balaban J connectivity index is 2.19. The molecule has 0 saturated carbocycles. The molecule has 0 aromatic heterocycles. The van der Waals surface area contributed by atoms with E-state index in [1.165, 1.54) is 212 Å². The minimum atomic E-state index is -5.08. The quantitative estimate of drug-likeness (QED) is 0.0193. The molecule has 0 spiro atoms. The van der Waals surface area contributed by atoms with Gasteiger partial charge in [-0.15, -0.1) is 0 Å². The van der Waals surface area contributed by atoms with Gasteiger partial charge in [0.1, 0.15) is 24.4 Å². The number of unbranched alkanes of at least 4 members (excludes halogenated alkanes) is 38. The maximum Gasteiger partial charge on any atom is 0.397 e. The van der Waals surface area contributed by atoms with E-state index >= 15 is 0 Å². The first-order valence-electron chi connectivity index (χ1n) is 29.6. The summed E-state index contributed by atoms with van der Waals surface area (Å²) in [5.74, 6) is -0.226. The van der Waals surface area contributed by atoms with E-state index in [2.05, 4.69) is 35.5 Å². The highest BCUT2D eigenvalue weighted by atomic mass is 32.3. The molecule has 7 atom stereocenters. The predicted molar refractivity (Wildman–Crippen MR) is 287 cm³/mol. The van der Waals surface area contributed by atoms with Crippen LogP contribution in [-0.4, -0.2) is 95.4 Å². The Labute approximate surface area is 430 Å². The molecule has 1 aliphatic rings. The highest BCUT2D eigenvalue weighted by molar-refractivity contribution is 7.80. The van der Waals surface area contributed by atoms with Gasteiger partial charge < -0.3 is 35.2 Å². The Morgan fingerprint density at radius 2 is 0.914 bits per heavy atom. The summed E-state index contributed by atoms with van der Waals surface area (Å²) >= 11 is 0. The third-order valence-electron chi connectivity index (χ3n) is 14.3. The van der Waals surface area contributed by atoms with Crippen LogP contribution >= 0.6 is 0 Å². The van der Waals surface area contributed by atoms with E-state index in [-0.39, 0.29) is 12.5 Å². The Morgan fingerprint density at radius 1 is 0.557 bits per heavy atom. The van der Waals surface area contributed by atoms with Gasteiger partial charge in [0.2, 0.25) is 5.91 Å². The maximum absolute atomic E-state index is 13.1. The summed E-state index contributed by atoms with van der Waals surface area (Å²) in [7, 11) is -5.08. The highest BCUT2D eigenvalue weighted by Gasteiger charge is 2.48. The molecule has 0 aromatic carbocycles. The van der Waals surface area contributed by atoms with E-state index in [0.29, 0.717) is 12.8 Å². The van der Waals surface area contributed by atoms with Crippen LogP contribution in [0, 0.1) is 0 Å². The van der Waals surface area contributed by atoms with Crippen molar-refractivity contribution in [3.8, 4) is 0 Å². The molecule has 13 heteroatoms. The van der Waals surface area contributed by atoms with Crippen molar-refractivity contribution in [2.75, 3.05) is 13.2 Å². The second kappa shape index (κ2) is 47.5. The smallest absolute Gasteiger partial charge is 0.394 e. The lowest BCUT2D eigenvalue weighted by Crippen LogP contribution is -2.61. The number of carbonyl (C=O) groups is 1. The lowest BCUT2D eigenvalue weighted by atomic mass is 9.99. The lowest BCUT2D eigenvalue weighted by molar-refractivity contribution is -0.298. The number of carbonyl (C=O) groups excluding carboxylic acids is 1. The molecule has 6 N–H and O–H groups in total. The fourth-order valence-corrected chi connectivity index (χ4v) is 10.3. The molecular formula is C57H111NO11S. The number of ether oxygens (including phenoxy) is 2. The Hall–Kier alpha value is -1.16. The summed E-state index contributed by atoms with van der Waals surface area (Å²) < 4.78 is 47.8. The summed E-state index contributed by atoms with van der Waals surface area (Å²) in [5.41, 5.74) is 0. The summed E-state index contributed by atoms with van der Waals surface area (Å²) in [6, 6.07) is -0.854. The number of amides is 1. The molecule has 1 fully saturated rings. The van der Waals surface area contributed by atoms with Crippen molar-refractivity contribution in [3.05, 3.63) is 12.2 Å². The fraction of sp³-hybridized carbons (Fsp3) is 0.947. The SMILES string of the molecule is CCCCCCCCCCCCCC/C=C\CCCCCCCCCCCCCCCCCCC(=O)NC(COC1OC(CO)C(O)C(OS(=O)(=O)O)C1O)C(O)CCCCCCCCCCCCC. The normalized spacial score (nSPS) is 19.6.